The van der Waals surface area contributed by atoms with Gasteiger partial charge in [0.05, 0.1) is 16.1 Å². The molecule has 1 N–H and O–H groups in total. The maximum absolute atomic E-state index is 13.0. The van der Waals surface area contributed by atoms with Crippen molar-refractivity contribution in [3.63, 3.8) is 0 Å². The predicted molar refractivity (Wildman–Crippen MR) is 82.4 cm³/mol. The number of rotatable bonds is 1. The molecule has 21 heavy (non-hydrogen) atoms. The molecule has 2 fully saturated rings. The van der Waals surface area contributed by atoms with Crippen LogP contribution in [-0.2, 0) is 4.79 Å². The SMILES string of the molecule is CC1CCC2(CC1)CNC(=O)N(c1ccccc1Cl)C2=O. The van der Waals surface area contributed by atoms with Crippen molar-refractivity contribution in [1.82, 2.24) is 5.32 Å². The first-order valence-corrected chi connectivity index (χ1v) is 7.78. The van der Waals surface area contributed by atoms with E-state index in [-0.39, 0.29) is 11.9 Å². The predicted octanol–water partition coefficient (Wildman–Crippen LogP) is 3.59. The molecule has 5 heteroatoms. The van der Waals surface area contributed by atoms with Crippen molar-refractivity contribution in [3.05, 3.63) is 29.3 Å². The maximum atomic E-state index is 13.0. The van der Waals surface area contributed by atoms with E-state index in [2.05, 4.69) is 12.2 Å². The Hall–Kier alpha value is -1.55. The van der Waals surface area contributed by atoms with Crippen molar-refractivity contribution in [2.75, 3.05) is 11.4 Å². The van der Waals surface area contributed by atoms with Gasteiger partial charge in [-0.25, -0.2) is 9.69 Å². The normalized spacial score (nSPS) is 29.6. The molecular weight excluding hydrogens is 288 g/mol. The molecule has 1 saturated carbocycles. The Balaban J connectivity index is 1.95. The number of hydrogen-bond acceptors (Lipinski definition) is 2. The highest BCUT2D eigenvalue weighted by Crippen LogP contribution is 2.43. The molecule has 1 aliphatic carbocycles. The summed E-state index contributed by atoms with van der Waals surface area (Å²) < 4.78 is 0. The molecule has 0 radical (unpaired) electrons. The van der Waals surface area contributed by atoms with Gasteiger partial charge in [0.1, 0.15) is 0 Å². The lowest BCUT2D eigenvalue weighted by molar-refractivity contribution is -0.130. The van der Waals surface area contributed by atoms with Gasteiger partial charge < -0.3 is 5.32 Å². The molecule has 0 atom stereocenters. The van der Waals surface area contributed by atoms with Gasteiger partial charge in [-0.2, -0.15) is 0 Å². The molecule has 2 aliphatic rings. The number of imide groups is 1. The van der Waals surface area contributed by atoms with Gasteiger partial charge in [-0.15, -0.1) is 0 Å². The third kappa shape index (κ3) is 2.42. The third-order valence-corrected chi connectivity index (χ3v) is 5.08. The minimum atomic E-state index is -0.459. The van der Waals surface area contributed by atoms with Crippen LogP contribution in [0.3, 0.4) is 0 Å². The summed E-state index contributed by atoms with van der Waals surface area (Å²) in [7, 11) is 0. The number of halogens is 1. The zero-order valence-electron chi connectivity index (χ0n) is 12.1. The van der Waals surface area contributed by atoms with Crippen LogP contribution < -0.4 is 10.2 Å². The van der Waals surface area contributed by atoms with Crippen LogP contribution in [0.4, 0.5) is 10.5 Å². The van der Waals surface area contributed by atoms with Gasteiger partial charge in [0.15, 0.2) is 0 Å². The summed E-state index contributed by atoms with van der Waals surface area (Å²) in [5.41, 5.74) is 0.0129. The summed E-state index contributed by atoms with van der Waals surface area (Å²) in [6.45, 7) is 2.66. The van der Waals surface area contributed by atoms with Gasteiger partial charge in [-0.05, 0) is 43.7 Å². The van der Waals surface area contributed by atoms with Crippen LogP contribution in [0.25, 0.3) is 0 Å². The Morgan fingerprint density at radius 2 is 1.90 bits per heavy atom. The number of nitrogens with one attached hydrogen (secondary N) is 1. The van der Waals surface area contributed by atoms with Crippen molar-refractivity contribution in [2.24, 2.45) is 11.3 Å². The Labute approximate surface area is 129 Å². The molecule has 1 aromatic carbocycles. The van der Waals surface area contributed by atoms with E-state index in [1.807, 2.05) is 0 Å². The Bertz CT molecular complexity index is 579. The van der Waals surface area contributed by atoms with Gasteiger partial charge in [0.2, 0.25) is 5.91 Å². The fourth-order valence-electron chi connectivity index (χ4n) is 3.29. The number of para-hydroxylation sites is 1. The highest BCUT2D eigenvalue weighted by molar-refractivity contribution is 6.35. The number of carbonyl (C=O) groups is 2. The maximum Gasteiger partial charge on any atom is 0.328 e. The average Bonchev–Trinajstić information content (AvgIpc) is 2.48. The van der Waals surface area contributed by atoms with Crippen LogP contribution in [0.5, 0.6) is 0 Å². The minimum absolute atomic E-state index is 0.105. The van der Waals surface area contributed by atoms with E-state index in [0.717, 1.165) is 25.7 Å². The highest BCUT2D eigenvalue weighted by Gasteiger charge is 2.49. The highest BCUT2D eigenvalue weighted by atomic mass is 35.5. The molecule has 1 saturated heterocycles. The molecular formula is C16H19ClN2O2. The zero-order valence-corrected chi connectivity index (χ0v) is 12.8. The quantitative estimate of drug-likeness (QED) is 0.862. The molecule has 0 unspecified atom stereocenters. The van der Waals surface area contributed by atoms with E-state index in [9.17, 15) is 9.59 Å². The van der Waals surface area contributed by atoms with Gasteiger partial charge in [0, 0.05) is 6.54 Å². The molecule has 0 bridgehead atoms. The number of urea groups is 1. The van der Waals surface area contributed by atoms with Crippen LogP contribution in [0.2, 0.25) is 5.02 Å². The molecule has 1 heterocycles. The van der Waals surface area contributed by atoms with E-state index in [1.165, 1.54) is 4.90 Å². The van der Waals surface area contributed by atoms with E-state index in [0.29, 0.717) is 23.2 Å². The molecule has 1 aliphatic heterocycles. The molecule has 1 aromatic rings. The van der Waals surface area contributed by atoms with Crippen LogP contribution >= 0.6 is 11.6 Å². The minimum Gasteiger partial charge on any atom is -0.336 e. The van der Waals surface area contributed by atoms with Crippen molar-refractivity contribution >= 4 is 29.2 Å². The van der Waals surface area contributed by atoms with Gasteiger partial charge >= 0.3 is 6.03 Å². The van der Waals surface area contributed by atoms with Crippen molar-refractivity contribution < 1.29 is 9.59 Å². The number of amides is 3. The molecule has 112 valence electrons. The Kier molecular flexibility index (Phi) is 3.66. The summed E-state index contributed by atoms with van der Waals surface area (Å²) in [6.07, 6.45) is 3.71. The second-order valence-electron chi connectivity index (χ2n) is 6.21. The van der Waals surface area contributed by atoms with E-state index in [4.69, 9.17) is 11.6 Å². The second-order valence-corrected chi connectivity index (χ2v) is 6.62. The lowest BCUT2D eigenvalue weighted by Gasteiger charge is -2.44. The first-order valence-electron chi connectivity index (χ1n) is 7.40. The van der Waals surface area contributed by atoms with E-state index in [1.54, 1.807) is 24.3 Å². The Morgan fingerprint density at radius 3 is 2.57 bits per heavy atom. The average molecular weight is 307 g/mol. The summed E-state index contributed by atoms with van der Waals surface area (Å²) in [6, 6.07) is 6.60. The van der Waals surface area contributed by atoms with Crippen molar-refractivity contribution in [3.8, 4) is 0 Å². The lowest BCUT2D eigenvalue weighted by Crippen LogP contribution is -2.61. The van der Waals surface area contributed by atoms with Crippen LogP contribution in [0.15, 0.2) is 24.3 Å². The number of anilines is 1. The number of hydrogen-bond donors (Lipinski definition) is 1. The van der Waals surface area contributed by atoms with Gasteiger partial charge in [-0.1, -0.05) is 30.7 Å². The first-order chi connectivity index (χ1) is 10.0. The largest absolute Gasteiger partial charge is 0.336 e. The third-order valence-electron chi connectivity index (χ3n) is 4.76. The zero-order chi connectivity index (χ0) is 15.0. The summed E-state index contributed by atoms with van der Waals surface area (Å²) >= 11 is 6.16. The summed E-state index contributed by atoms with van der Waals surface area (Å²) in [4.78, 5) is 26.4. The number of carbonyl (C=O) groups excluding carboxylic acids is 2. The van der Waals surface area contributed by atoms with Gasteiger partial charge in [0.25, 0.3) is 0 Å². The summed E-state index contributed by atoms with van der Waals surface area (Å²) in [5.74, 6) is 0.543. The molecule has 0 aromatic heterocycles. The number of nitrogens with zero attached hydrogens (tertiary/aromatic N) is 1. The topological polar surface area (TPSA) is 49.4 Å². The Morgan fingerprint density at radius 1 is 1.24 bits per heavy atom. The van der Waals surface area contributed by atoms with Crippen molar-refractivity contribution in [2.45, 2.75) is 32.6 Å². The summed E-state index contributed by atoms with van der Waals surface area (Å²) in [5, 5.41) is 3.29. The lowest BCUT2D eigenvalue weighted by atomic mass is 9.69. The second kappa shape index (κ2) is 5.34. The van der Waals surface area contributed by atoms with Crippen molar-refractivity contribution in [1.29, 1.82) is 0 Å². The molecule has 3 rings (SSSR count). The first kappa shape index (κ1) is 14.4. The molecule has 4 nitrogen and oxygen atoms in total. The molecule has 1 spiro atoms. The number of benzene rings is 1. The monoisotopic (exact) mass is 306 g/mol. The van der Waals surface area contributed by atoms with Crippen LogP contribution in [0, 0.1) is 11.3 Å². The van der Waals surface area contributed by atoms with Gasteiger partial charge in [-0.3, -0.25) is 4.79 Å². The van der Waals surface area contributed by atoms with Crippen LogP contribution in [-0.4, -0.2) is 18.5 Å². The van der Waals surface area contributed by atoms with E-state index < -0.39 is 5.41 Å². The fourth-order valence-corrected chi connectivity index (χ4v) is 3.51. The fraction of sp³-hybridized carbons (Fsp3) is 0.500. The van der Waals surface area contributed by atoms with E-state index >= 15 is 0 Å². The standard InChI is InChI=1S/C16H19ClN2O2/c1-11-6-8-16(9-7-11)10-18-15(21)19(14(16)20)13-5-3-2-4-12(13)17/h2-5,11H,6-10H2,1H3,(H,18,21). The van der Waals surface area contributed by atoms with Crippen LogP contribution in [0.1, 0.15) is 32.6 Å². The molecule has 3 amide bonds. The smallest absolute Gasteiger partial charge is 0.328 e.